The Morgan fingerprint density at radius 2 is 2.24 bits per heavy atom. The first-order valence-corrected chi connectivity index (χ1v) is 5.93. The summed E-state index contributed by atoms with van der Waals surface area (Å²) in [5, 5.41) is 3.34. The molecule has 0 unspecified atom stereocenters. The molecule has 1 aromatic heterocycles. The van der Waals surface area contributed by atoms with Crippen molar-refractivity contribution < 1.29 is 4.79 Å². The first-order chi connectivity index (χ1) is 8.00. The fourth-order valence-corrected chi connectivity index (χ4v) is 1.45. The molecule has 0 saturated heterocycles. The zero-order valence-corrected chi connectivity index (χ0v) is 11.1. The van der Waals surface area contributed by atoms with Crippen molar-refractivity contribution in [1.82, 2.24) is 19.8 Å². The van der Waals surface area contributed by atoms with Gasteiger partial charge in [0, 0.05) is 45.8 Å². The van der Waals surface area contributed by atoms with Crippen molar-refractivity contribution in [2.24, 2.45) is 0 Å². The van der Waals surface area contributed by atoms with Crippen LogP contribution in [-0.4, -0.2) is 40.5 Å². The van der Waals surface area contributed by atoms with Crippen molar-refractivity contribution in [1.29, 1.82) is 0 Å². The zero-order valence-electron chi connectivity index (χ0n) is 11.1. The lowest BCUT2D eigenvalue weighted by Gasteiger charge is -2.13. The molecule has 5 nitrogen and oxygen atoms in total. The standard InChI is InChI=1S/C12H22N4O/c1-10(2)14-8-11-7-13-9-16(11)6-5-12(17)15(3)4/h7,9-10,14H,5-6,8H2,1-4H3. The zero-order chi connectivity index (χ0) is 12.8. The van der Waals surface area contributed by atoms with Crippen LogP contribution in [0.3, 0.4) is 0 Å². The molecule has 0 radical (unpaired) electrons. The third kappa shape index (κ3) is 4.56. The van der Waals surface area contributed by atoms with E-state index in [2.05, 4.69) is 24.1 Å². The van der Waals surface area contributed by atoms with Gasteiger partial charge in [-0.25, -0.2) is 4.98 Å². The fraction of sp³-hybridized carbons (Fsp3) is 0.667. The van der Waals surface area contributed by atoms with Gasteiger partial charge in [0.05, 0.1) is 12.0 Å². The number of carbonyl (C=O) groups excluding carboxylic acids is 1. The van der Waals surface area contributed by atoms with Crippen molar-refractivity contribution in [3.8, 4) is 0 Å². The second-order valence-electron chi connectivity index (χ2n) is 4.65. The molecule has 1 rings (SSSR count). The van der Waals surface area contributed by atoms with Gasteiger partial charge in [-0.1, -0.05) is 13.8 Å². The highest BCUT2D eigenvalue weighted by atomic mass is 16.2. The minimum Gasteiger partial charge on any atom is -0.349 e. The Morgan fingerprint density at radius 3 is 2.82 bits per heavy atom. The topological polar surface area (TPSA) is 50.2 Å². The van der Waals surface area contributed by atoms with Crippen molar-refractivity contribution in [3.05, 3.63) is 18.2 Å². The van der Waals surface area contributed by atoms with Gasteiger partial charge in [0.25, 0.3) is 0 Å². The summed E-state index contributed by atoms with van der Waals surface area (Å²) in [6.07, 6.45) is 4.13. The van der Waals surface area contributed by atoms with Crippen LogP contribution < -0.4 is 5.32 Å². The summed E-state index contributed by atoms with van der Waals surface area (Å²) in [6, 6.07) is 0.446. The molecule has 0 spiro atoms. The minimum absolute atomic E-state index is 0.140. The molecule has 0 atom stereocenters. The predicted octanol–water partition coefficient (Wildman–Crippen LogP) is 0.859. The average molecular weight is 238 g/mol. The maximum atomic E-state index is 11.5. The predicted molar refractivity (Wildman–Crippen MR) is 67.5 cm³/mol. The van der Waals surface area contributed by atoms with E-state index in [4.69, 9.17) is 0 Å². The summed E-state index contributed by atoms with van der Waals surface area (Å²) in [5.41, 5.74) is 1.12. The van der Waals surface area contributed by atoms with E-state index in [1.54, 1.807) is 25.3 Å². The molecule has 1 amide bonds. The van der Waals surface area contributed by atoms with E-state index >= 15 is 0 Å². The van der Waals surface area contributed by atoms with Crippen molar-refractivity contribution in [2.45, 2.75) is 39.4 Å². The van der Waals surface area contributed by atoms with Crippen molar-refractivity contribution >= 4 is 5.91 Å². The molecule has 0 saturated carbocycles. The summed E-state index contributed by atoms with van der Waals surface area (Å²) in [6.45, 7) is 5.69. The molecule has 0 aliphatic carbocycles. The number of carbonyl (C=O) groups is 1. The molecule has 17 heavy (non-hydrogen) atoms. The van der Waals surface area contributed by atoms with Crippen LogP contribution in [0.2, 0.25) is 0 Å². The van der Waals surface area contributed by atoms with E-state index in [0.717, 1.165) is 12.2 Å². The Kier molecular flexibility index (Phi) is 5.15. The first kappa shape index (κ1) is 13.7. The van der Waals surface area contributed by atoms with Crippen LogP contribution in [0.5, 0.6) is 0 Å². The molecular weight excluding hydrogens is 216 g/mol. The highest BCUT2D eigenvalue weighted by molar-refractivity contribution is 5.75. The van der Waals surface area contributed by atoms with Gasteiger partial charge in [-0.15, -0.1) is 0 Å². The summed E-state index contributed by atoms with van der Waals surface area (Å²) in [4.78, 5) is 17.2. The fourth-order valence-electron chi connectivity index (χ4n) is 1.45. The summed E-state index contributed by atoms with van der Waals surface area (Å²) >= 11 is 0. The molecule has 96 valence electrons. The van der Waals surface area contributed by atoms with Crippen LogP contribution in [0.15, 0.2) is 12.5 Å². The summed E-state index contributed by atoms with van der Waals surface area (Å²) in [7, 11) is 3.55. The van der Waals surface area contributed by atoms with Crippen LogP contribution in [-0.2, 0) is 17.9 Å². The van der Waals surface area contributed by atoms with Gasteiger partial charge >= 0.3 is 0 Å². The minimum atomic E-state index is 0.140. The largest absolute Gasteiger partial charge is 0.349 e. The highest BCUT2D eigenvalue weighted by Crippen LogP contribution is 2.02. The van der Waals surface area contributed by atoms with Crippen molar-refractivity contribution in [2.75, 3.05) is 14.1 Å². The number of aryl methyl sites for hydroxylation is 1. The average Bonchev–Trinajstić information content (AvgIpc) is 2.70. The number of hydrogen-bond donors (Lipinski definition) is 1. The lowest BCUT2D eigenvalue weighted by atomic mass is 10.3. The molecule has 1 heterocycles. The SMILES string of the molecule is CC(C)NCc1cncn1CCC(=O)N(C)C. The van der Waals surface area contributed by atoms with Crippen molar-refractivity contribution in [3.63, 3.8) is 0 Å². The van der Waals surface area contributed by atoms with Crippen LogP contribution in [0.25, 0.3) is 0 Å². The maximum Gasteiger partial charge on any atom is 0.223 e. The number of amides is 1. The Balaban J connectivity index is 2.48. The Hall–Kier alpha value is -1.36. The van der Waals surface area contributed by atoms with Crippen LogP contribution in [0.4, 0.5) is 0 Å². The van der Waals surface area contributed by atoms with Gasteiger partial charge in [-0.2, -0.15) is 0 Å². The summed E-state index contributed by atoms with van der Waals surface area (Å²) < 4.78 is 2.02. The molecule has 0 aliphatic rings. The van der Waals surface area contributed by atoms with Crippen LogP contribution in [0.1, 0.15) is 26.0 Å². The van der Waals surface area contributed by atoms with E-state index in [9.17, 15) is 4.79 Å². The Bertz CT molecular complexity index is 357. The smallest absolute Gasteiger partial charge is 0.223 e. The highest BCUT2D eigenvalue weighted by Gasteiger charge is 2.07. The van der Waals surface area contributed by atoms with Gasteiger partial charge < -0.3 is 14.8 Å². The maximum absolute atomic E-state index is 11.5. The van der Waals surface area contributed by atoms with Gasteiger partial charge in [-0.3, -0.25) is 4.79 Å². The van der Waals surface area contributed by atoms with E-state index < -0.39 is 0 Å². The number of aromatic nitrogens is 2. The molecule has 0 aromatic carbocycles. The Morgan fingerprint density at radius 1 is 1.53 bits per heavy atom. The molecular formula is C12H22N4O. The van der Waals surface area contributed by atoms with Crippen LogP contribution in [0, 0.1) is 0 Å². The number of hydrogen-bond acceptors (Lipinski definition) is 3. The molecule has 5 heteroatoms. The first-order valence-electron chi connectivity index (χ1n) is 5.93. The van der Waals surface area contributed by atoms with E-state index in [1.807, 2.05) is 10.8 Å². The van der Waals surface area contributed by atoms with Gasteiger partial charge in [0.15, 0.2) is 0 Å². The normalized spacial score (nSPS) is 10.9. The molecule has 1 aromatic rings. The number of nitrogens with zero attached hydrogens (tertiary/aromatic N) is 3. The third-order valence-corrected chi connectivity index (χ3v) is 2.56. The van der Waals surface area contributed by atoms with Gasteiger partial charge in [-0.05, 0) is 0 Å². The van der Waals surface area contributed by atoms with E-state index in [1.165, 1.54) is 0 Å². The van der Waals surface area contributed by atoms with Crippen LogP contribution >= 0.6 is 0 Å². The third-order valence-electron chi connectivity index (χ3n) is 2.56. The van der Waals surface area contributed by atoms with Gasteiger partial charge in [0.2, 0.25) is 5.91 Å². The monoisotopic (exact) mass is 238 g/mol. The summed E-state index contributed by atoms with van der Waals surface area (Å²) in [5.74, 6) is 0.140. The second kappa shape index (κ2) is 6.39. The number of rotatable bonds is 6. The molecule has 1 N–H and O–H groups in total. The molecule has 0 aliphatic heterocycles. The lowest BCUT2D eigenvalue weighted by molar-refractivity contribution is -0.128. The quantitative estimate of drug-likeness (QED) is 0.799. The van der Waals surface area contributed by atoms with E-state index in [-0.39, 0.29) is 5.91 Å². The second-order valence-corrected chi connectivity index (χ2v) is 4.65. The molecule has 0 fully saturated rings. The number of imidazole rings is 1. The van der Waals surface area contributed by atoms with E-state index in [0.29, 0.717) is 19.0 Å². The lowest BCUT2D eigenvalue weighted by Crippen LogP contribution is -2.25. The number of nitrogens with one attached hydrogen (secondary N) is 1. The van der Waals surface area contributed by atoms with Gasteiger partial charge in [0.1, 0.15) is 0 Å². The molecule has 0 bridgehead atoms. The Labute approximate surface area is 103 Å².